The zero-order valence-electron chi connectivity index (χ0n) is 12.4. The molecule has 112 valence electrons. The highest BCUT2D eigenvalue weighted by molar-refractivity contribution is 7.09. The first-order chi connectivity index (χ1) is 10.1. The summed E-state index contributed by atoms with van der Waals surface area (Å²) in [6, 6.07) is 8.43. The third-order valence-electron chi connectivity index (χ3n) is 3.42. The predicted octanol–water partition coefficient (Wildman–Crippen LogP) is 3.27. The summed E-state index contributed by atoms with van der Waals surface area (Å²) in [6.07, 6.45) is 0.685. The van der Waals surface area contributed by atoms with E-state index in [1.54, 1.807) is 5.38 Å². The van der Waals surface area contributed by atoms with Gasteiger partial charge in [-0.3, -0.25) is 4.90 Å². The Bertz CT molecular complexity index is 606. The average molecular weight is 304 g/mol. The second-order valence-electron chi connectivity index (χ2n) is 4.89. The Labute approximate surface area is 129 Å². The van der Waals surface area contributed by atoms with Crippen LogP contribution in [-0.2, 0) is 13.0 Å². The summed E-state index contributed by atoms with van der Waals surface area (Å²) in [7, 11) is 0. The van der Waals surface area contributed by atoms with E-state index in [4.69, 9.17) is 5.11 Å². The van der Waals surface area contributed by atoms with Crippen molar-refractivity contribution < 1.29 is 9.90 Å². The molecule has 0 aliphatic heterocycles. The van der Waals surface area contributed by atoms with E-state index < -0.39 is 5.97 Å². The lowest BCUT2D eigenvalue weighted by Gasteiger charge is -2.18. The van der Waals surface area contributed by atoms with E-state index in [2.05, 4.69) is 48.0 Å². The van der Waals surface area contributed by atoms with Crippen LogP contribution in [0, 0.1) is 0 Å². The molecule has 1 N–H and O–H groups in total. The van der Waals surface area contributed by atoms with Gasteiger partial charge in [-0.1, -0.05) is 38.1 Å². The Morgan fingerprint density at radius 1 is 1.29 bits per heavy atom. The maximum Gasteiger partial charge on any atom is 0.355 e. The normalized spacial score (nSPS) is 11.0. The molecule has 21 heavy (non-hydrogen) atoms. The van der Waals surface area contributed by atoms with Crippen LogP contribution in [0.4, 0.5) is 0 Å². The molecular weight excluding hydrogens is 284 g/mol. The van der Waals surface area contributed by atoms with Crippen molar-refractivity contribution in [3.8, 4) is 0 Å². The van der Waals surface area contributed by atoms with Crippen LogP contribution in [-0.4, -0.2) is 34.0 Å². The minimum Gasteiger partial charge on any atom is -0.476 e. The van der Waals surface area contributed by atoms with Gasteiger partial charge in [0.05, 0.1) is 5.01 Å². The van der Waals surface area contributed by atoms with E-state index >= 15 is 0 Å². The molecule has 0 spiro atoms. The predicted molar refractivity (Wildman–Crippen MR) is 84.9 cm³/mol. The molecule has 0 fully saturated rings. The van der Waals surface area contributed by atoms with Crippen molar-refractivity contribution in [3.63, 3.8) is 0 Å². The van der Waals surface area contributed by atoms with Gasteiger partial charge < -0.3 is 5.11 Å². The fraction of sp³-hybridized carbons (Fsp3) is 0.375. The number of aromatic carboxylic acids is 1. The minimum absolute atomic E-state index is 0.134. The molecule has 1 aromatic carbocycles. The molecule has 5 heteroatoms. The van der Waals surface area contributed by atoms with Gasteiger partial charge in [-0.25, -0.2) is 9.78 Å². The number of carbonyl (C=O) groups is 1. The average Bonchev–Trinajstić information content (AvgIpc) is 2.94. The number of nitrogens with zero attached hydrogens (tertiary/aromatic N) is 2. The molecule has 0 amide bonds. The van der Waals surface area contributed by atoms with E-state index in [-0.39, 0.29) is 5.69 Å². The van der Waals surface area contributed by atoms with Crippen LogP contribution in [0.2, 0.25) is 0 Å². The van der Waals surface area contributed by atoms with Gasteiger partial charge in [0.15, 0.2) is 5.69 Å². The standard InChI is InChI=1S/C16H20N2O2S/c1-3-18(4-2)10-13-7-5-6-12(8-13)9-15-17-14(11-21-15)16(19)20/h5-8,11H,3-4,9-10H2,1-2H3,(H,19,20). The SMILES string of the molecule is CCN(CC)Cc1cccc(Cc2nc(C(=O)O)cs2)c1. The molecule has 2 rings (SSSR count). The van der Waals surface area contributed by atoms with Crippen molar-refractivity contribution >= 4 is 17.3 Å². The van der Waals surface area contributed by atoms with Gasteiger partial charge in [0.2, 0.25) is 0 Å². The van der Waals surface area contributed by atoms with E-state index in [1.807, 2.05) is 0 Å². The van der Waals surface area contributed by atoms with Crippen molar-refractivity contribution in [1.29, 1.82) is 0 Å². The number of aromatic nitrogens is 1. The smallest absolute Gasteiger partial charge is 0.355 e. The largest absolute Gasteiger partial charge is 0.476 e. The number of carboxylic acids is 1. The van der Waals surface area contributed by atoms with Gasteiger partial charge in [-0.2, -0.15) is 0 Å². The van der Waals surface area contributed by atoms with Crippen LogP contribution >= 0.6 is 11.3 Å². The third-order valence-corrected chi connectivity index (χ3v) is 4.27. The summed E-state index contributed by atoms with van der Waals surface area (Å²) in [6.45, 7) is 7.34. The Hall–Kier alpha value is -1.72. The van der Waals surface area contributed by atoms with Gasteiger partial charge in [0, 0.05) is 18.3 Å². The van der Waals surface area contributed by atoms with Crippen LogP contribution in [0.5, 0.6) is 0 Å². The molecule has 2 aromatic rings. The molecule has 0 unspecified atom stereocenters. The highest BCUT2D eigenvalue weighted by Gasteiger charge is 2.09. The number of hydrogen-bond acceptors (Lipinski definition) is 4. The van der Waals surface area contributed by atoms with Gasteiger partial charge in [0.1, 0.15) is 0 Å². The third kappa shape index (κ3) is 4.37. The minimum atomic E-state index is -0.965. The molecule has 0 bridgehead atoms. The second kappa shape index (κ2) is 7.33. The molecule has 0 atom stereocenters. The summed E-state index contributed by atoms with van der Waals surface area (Å²) in [5.41, 5.74) is 2.59. The number of rotatable bonds is 7. The number of hydrogen-bond donors (Lipinski definition) is 1. The van der Waals surface area contributed by atoms with Gasteiger partial charge >= 0.3 is 5.97 Å². The lowest BCUT2D eigenvalue weighted by molar-refractivity contribution is 0.0691. The number of thiazole rings is 1. The Kier molecular flexibility index (Phi) is 5.47. The van der Waals surface area contributed by atoms with E-state index in [0.29, 0.717) is 6.42 Å². The molecule has 1 heterocycles. The quantitative estimate of drug-likeness (QED) is 0.853. The van der Waals surface area contributed by atoms with E-state index in [0.717, 1.165) is 24.6 Å². The van der Waals surface area contributed by atoms with Crippen molar-refractivity contribution in [2.45, 2.75) is 26.8 Å². The summed E-state index contributed by atoms with van der Waals surface area (Å²) < 4.78 is 0. The van der Waals surface area contributed by atoms with Crippen LogP contribution in [0.1, 0.15) is 40.5 Å². The van der Waals surface area contributed by atoms with Crippen LogP contribution < -0.4 is 0 Å². The molecule has 0 aliphatic carbocycles. The summed E-state index contributed by atoms with van der Waals surface area (Å²) in [4.78, 5) is 17.3. The molecular formula is C16H20N2O2S. The first-order valence-corrected chi connectivity index (χ1v) is 7.98. The molecule has 0 aliphatic rings. The van der Waals surface area contributed by atoms with E-state index in [1.165, 1.54) is 22.5 Å². The monoisotopic (exact) mass is 304 g/mol. The molecule has 0 saturated heterocycles. The van der Waals surface area contributed by atoms with Crippen LogP contribution in [0.3, 0.4) is 0 Å². The summed E-state index contributed by atoms with van der Waals surface area (Å²) >= 11 is 1.40. The first-order valence-electron chi connectivity index (χ1n) is 7.10. The molecule has 1 aromatic heterocycles. The van der Waals surface area contributed by atoms with Crippen molar-refractivity contribution in [2.24, 2.45) is 0 Å². The molecule has 4 nitrogen and oxygen atoms in total. The van der Waals surface area contributed by atoms with Crippen molar-refractivity contribution in [1.82, 2.24) is 9.88 Å². The topological polar surface area (TPSA) is 53.4 Å². The Morgan fingerprint density at radius 2 is 2.00 bits per heavy atom. The fourth-order valence-corrected chi connectivity index (χ4v) is 3.01. The number of carboxylic acid groups (broad SMARTS) is 1. The maximum absolute atomic E-state index is 10.8. The number of benzene rings is 1. The van der Waals surface area contributed by atoms with E-state index in [9.17, 15) is 4.79 Å². The zero-order chi connectivity index (χ0) is 15.2. The molecule has 0 radical (unpaired) electrons. The maximum atomic E-state index is 10.8. The highest BCUT2D eigenvalue weighted by Crippen LogP contribution is 2.16. The van der Waals surface area contributed by atoms with Crippen molar-refractivity contribution in [2.75, 3.05) is 13.1 Å². The zero-order valence-corrected chi connectivity index (χ0v) is 13.2. The first kappa shape index (κ1) is 15.7. The van der Waals surface area contributed by atoms with Gasteiger partial charge in [-0.05, 0) is 24.2 Å². The van der Waals surface area contributed by atoms with Crippen LogP contribution in [0.25, 0.3) is 0 Å². The van der Waals surface area contributed by atoms with Crippen molar-refractivity contribution in [3.05, 3.63) is 51.5 Å². The lowest BCUT2D eigenvalue weighted by atomic mass is 10.1. The lowest BCUT2D eigenvalue weighted by Crippen LogP contribution is -2.22. The summed E-state index contributed by atoms with van der Waals surface area (Å²) in [5, 5.41) is 11.3. The van der Waals surface area contributed by atoms with Gasteiger partial charge in [0.25, 0.3) is 0 Å². The highest BCUT2D eigenvalue weighted by atomic mass is 32.1. The Balaban J connectivity index is 2.08. The summed E-state index contributed by atoms with van der Waals surface area (Å²) in [5.74, 6) is -0.965. The van der Waals surface area contributed by atoms with Crippen LogP contribution in [0.15, 0.2) is 29.6 Å². The second-order valence-corrected chi connectivity index (χ2v) is 5.83. The van der Waals surface area contributed by atoms with Gasteiger partial charge in [-0.15, -0.1) is 11.3 Å². The Morgan fingerprint density at radius 3 is 2.62 bits per heavy atom. The fourth-order valence-electron chi connectivity index (χ4n) is 2.21. The molecule has 0 saturated carbocycles.